The summed E-state index contributed by atoms with van der Waals surface area (Å²) in [6.07, 6.45) is 4.51. The van der Waals surface area contributed by atoms with Gasteiger partial charge in [-0.15, -0.1) is 10.2 Å². The van der Waals surface area contributed by atoms with Crippen LogP contribution in [0.2, 0.25) is 0 Å². The number of aryl methyl sites for hydroxylation is 1. The van der Waals surface area contributed by atoms with Crippen molar-refractivity contribution in [2.24, 2.45) is 12.8 Å². The highest BCUT2D eigenvalue weighted by molar-refractivity contribution is 5.81. The zero-order valence-corrected chi connectivity index (χ0v) is 11.2. The monoisotopic (exact) mass is 269 g/mol. The average molecular weight is 269 g/mol. The van der Waals surface area contributed by atoms with Crippen LogP contribution in [0.4, 0.5) is 0 Å². The molecule has 0 radical (unpaired) electrons. The van der Waals surface area contributed by atoms with Crippen LogP contribution in [-0.4, -0.2) is 19.7 Å². The lowest BCUT2D eigenvalue weighted by Gasteiger charge is -2.37. The molecular weight excluding hydrogens is 254 g/mol. The number of rotatable bonds is 2. The second-order valence-corrected chi connectivity index (χ2v) is 5.45. The number of nitrogens with two attached hydrogens (primary N) is 1. The Labute approximate surface area is 115 Å². The summed E-state index contributed by atoms with van der Waals surface area (Å²) in [6, 6.07) is 5.93. The van der Waals surface area contributed by atoms with Gasteiger partial charge in [0.05, 0.1) is 16.6 Å². The molecule has 1 aromatic carbocycles. The molecule has 3 aromatic rings. The van der Waals surface area contributed by atoms with E-state index in [-0.39, 0.29) is 5.54 Å². The lowest BCUT2D eigenvalue weighted by atomic mass is 9.77. The minimum absolute atomic E-state index is 0.265. The van der Waals surface area contributed by atoms with Gasteiger partial charge in [-0.3, -0.25) is 0 Å². The fourth-order valence-corrected chi connectivity index (χ4v) is 2.85. The Morgan fingerprint density at radius 2 is 2.20 bits per heavy atom. The number of hydrogen-bond donors (Lipinski definition) is 1. The maximum absolute atomic E-state index is 6.40. The zero-order chi connectivity index (χ0) is 13.7. The molecule has 0 amide bonds. The van der Waals surface area contributed by atoms with Crippen LogP contribution in [0, 0.1) is 0 Å². The highest BCUT2D eigenvalue weighted by Crippen LogP contribution is 2.39. The molecule has 2 heterocycles. The van der Waals surface area contributed by atoms with E-state index in [1.165, 1.54) is 12.8 Å². The molecular formula is C14H15N5O. The van der Waals surface area contributed by atoms with Crippen LogP contribution in [0.15, 0.2) is 29.0 Å². The SMILES string of the molecule is Cn1c(C2(N)CCC2)nc2ccc(-c3nnco3)cc21. The third-order valence-corrected chi connectivity index (χ3v) is 4.18. The van der Waals surface area contributed by atoms with Gasteiger partial charge in [0.1, 0.15) is 5.82 Å². The Balaban J connectivity index is 1.88. The first-order valence-corrected chi connectivity index (χ1v) is 6.70. The van der Waals surface area contributed by atoms with Gasteiger partial charge in [-0.1, -0.05) is 0 Å². The molecule has 2 N–H and O–H groups in total. The summed E-state index contributed by atoms with van der Waals surface area (Å²) in [4.78, 5) is 4.70. The third-order valence-electron chi connectivity index (χ3n) is 4.18. The van der Waals surface area contributed by atoms with Gasteiger partial charge in [0, 0.05) is 12.6 Å². The number of nitrogens with zero attached hydrogens (tertiary/aromatic N) is 4. The summed E-state index contributed by atoms with van der Waals surface area (Å²) in [5.74, 6) is 1.47. The zero-order valence-electron chi connectivity index (χ0n) is 11.2. The average Bonchev–Trinajstić information content (AvgIpc) is 3.05. The predicted molar refractivity (Wildman–Crippen MR) is 73.7 cm³/mol. The van der Waals surface area contributed by atoms with Crippen molar-refractivity contribution in [1.82, 2.24) is 19.7 Å². The number of imidazole rings is 1. The summed E-state index contributed by atoms with van der Waals surface area (Å²) in [5.41, 5.74) is 9.01. The predicted octanol–water partition coefficient (Wildman–Crippen LogP) is 1.96. The maximum Gasteiger partial charge on any atom is 0.247 e. The topological polar surface area (TPSA) is 82.8 Å². The maximum atomic E-state index is 6.40. The lowest BCUT2D eigenvalue weighted by molar-refractivity contribution is 0.234. The Hall–Kier alpha value is -2.21. The van der Waals surface area contributed by atoms with Gasteiger partial charge < -0.3 is 14.7 Å². The van der Waals surface area contributed by atoms with E-state index in [0.717, 1.165) is 35.3 Å². The van der Waals surface area contributed by atoms with Crippen LogP contribution < -0.4 is 5.73 Å². The van der Waals surface area contributed by atoms with E-state index in [2.05, 4.69) is 14.8 Å². The van der Waals surface area contributed by atoms with Gasteiger partial charge in [0.25, 0.3) is 0 Å². The van der Waals surface area contributed by atoms with Crippen LogP contribution >= 0.6 is 0 Å². The quantitative estimate of drug-likeness (QED) is 0.769. The van der Waals surface area contributed by atoms with Crippen LogP contribution in [0.3, 0.4) is 0 Å². The fourth-order valence-electron chi connectivity index (χ4n) is 2.85. The van der Waals surface area contributed by atoms with Crippen LogP contribution in [0.5, 0.6) is 0 Å². The lowest BCUT2D eigenvalue weighted by Crippen LogP contribution is -2.45. The Morgan fingerprint density at radius 1 is 1.35 bits per heavy atom. The van der Waals surface area contributed by atoms with Gasteiger partial charge in [0.15, 0.2) is 0 Å². The fraction of sp³-hybridized carbons (Fsp3) is 0.357. The molecule has 20 heavy (non-hydrogen) atoms. The molecule has 0 saturated heterocycles. The van der Waals surface area contributed by atoms with E-state index < -0.39 is 0 Å². The van der Waals surface area contributed by atoms with Gasteiger partial charge >= 0.3 is 0 Å². The van der Waals surface area contributed by atoms with Gasteiger partial charge in [-0.2, -0.15) is 0 Å². The molecule has 1 aliphatic rings. The smallest absolute Gasteiger partial charge is 0.247 e. The molecule has 102 valence electrons. The third kappa shape index (κ3) is 1.51. The second-order valence-electron chi connectivity index (χ2n) is 5.45. The molecule has 0 spiro atoms. The van der Waals surface area contributed by atoms with Crippen molar-refractivity contribution in [3.63, 3.8) is 0 Å². The van der Waals surface area contributed by atoms with E-state index in [4.69, 9.17) is 15.1 Å². The van der Waals surface area contributed by atoms with Crippen molar-refractivity contribution >= 4 is 11.0 Å². The molecule has 0 atom stereocenters. The van der Waals surface area contributed by atoms with Crippen molar-refractivity contribution in [1.29, 1.82) is 0 Å². The number of benzene rings is 1. The first-order valence-electron chi connectivity index (χ1n) is 6.70. The van der Waals surface area contributed by atoms with Gasteiger partial charge in [0.2, 0.25) is 12.3 Å². The standard InChI is InChI=1S/C14H15N5O/c1-19-11-7-9(12-18-16-8-20-12)3-4-10(11)17-13(19)14(15)5-2-6-14/h3-4,7-8H,2,5-6,15H2,1H3. The number of hydrogen-bond acceptors (Lipinski definition) is 5. The minimum atomic E-state index is -0.265. The van der Waals surface area contributed by atoms with E-state index in [1.54, 1.807) is 0 Å². The Morgan fingerprint density at radius 3 is 2.85 bits per heavy atom. The molecule has 0 bridgehead atoms. The first-order chi connectivity index (χ1) is 9.67. The number of fused-ring (bicyclic) bond motifs is 1. The molecule has 6 nitrogen and oxygen atoms in total. The van der Waals surface area contributed by atoms with E-state index in [9.17, 15) is 0 Å². The van der Waals surface area contributed by atoms with Gasteiger partial charge in [-0.05, 0) is 37.5 Å². The van der Waals surface area contributed by atoms with Gasteiger partial charge in [-0.25, -0.2) is 4.98 Å². The van der Waals surface area contributed by atoms with E-state index in [0.29, 0.717) is 5.89 Å². The molecule has 1 saturated carbocycles. The van der Waals surface area contributed by atoms with Crippen LogP contribution in [0.25, 0.3) is 22.5 Å². The van der Waals surface area contributed by atoms with Crippen molar-refractivity contribution in [3.05, 3.63) is 30.4 Å². The largest absolute Gasteiger partial charge is 0.423 e. The van der Waals surface area contributed by atoms with Crippen molar-refractivity contribution in [2.45, 2.75) is 24.8 Å². The molecule has 0 unspecified atom stereocenters. The van der Waals surface area contributed by atoms with Crippen LogP contribution in [0.1, 0.15) is 25.1 Å². The molecule has 6 heteroatoms. The molecule has 2 aromatic heterocycles. The normalized spacial score (nSPS) is 17.3. The highest BCUT2D eigenvalue weighted by Gasteiger charge is 2.38. The van der Waals surface area contributed by atoms with Crippen molar-refractivity contribution in [2.75, 3.05) is 0 Å². The second kappa shape index (κ2) is 3.89. The Bertz CT molecular complexity index is 770. The van der Waals surface area contributed by atoms with Crippen molar-refractivity contribution < 1.29 is 4.42 Å². The van der Waals surface area contributed by atoms with Crippen LogP contribution in [-0.2, 0) is 12.6 Å². The summed E-state index contributed by atoms with van der Waals surface area (Å²) >= 11 is 0. The minimum Gasteiger partial charge on any atom is -0.423 e. The molecule has 1 fully saturated rings. The van der Waals surface area contributed by atoms with E-state index in [1.807, 2.05) is 25.2 Å². The summed E-state index contributed by atoms with van der Waals surface area (Å²) in [5, 5.41) is 7.64. The summed E-state index contributed by atoms with van der Waals surface area (Å²) < 4.78 is 7.32. The molecule has 1 aliphatic carbocycles. The first kappa shape index (κ1) is 11.6. The summed E-state index contributed by atoms with van der Waals surface area (Å²) in [6.45, 7) is 0. The molecule has 0 aliphatic heterocycles. The van der Waals surface area contributed by atoms with E-state index >= 15 is 0 Å². The Kier molecular flexibility index (Phi) is 2.26. The van der Waals surface area contributed by atoms with Crippen molar-refractivity contribution in [3.8, 4) is 11.5 Å². The molecule has 4 rings (SSSR count). The number of aromatic nitrogens is 4. The highest BCUT2D eigenvalue weighted by atomic mass is 16.4. The summed E-state index contributed by atoms with van der Waals surface area (Å²) in [7, 11) is 2.01.